The van der Waals surface area contributed by atoms with Crippen LogP contribution in [0.3, 0.4) is 0 Å². The van der Waals surface area contributed by atoms with E-state index >= 15 is 0 Å². The van der Waals surface area contributed by atoms with Crippen LogP contribution in [0.1, 0.15) is 69.9 Å². The second kappa shape index (κ2) is 11.1. The fraction of sp³-hybridized carbons (Fsp3) is 0.433. The van der Waals surface area contributed by atoms with Gasteiger partial charge in [0, 0.05) is 23.7 Å². The monoisotopic (exact) mass is 489 g/mol. The van der Waals surface area contributed by atoms with E-state index in [-0.39, 0.29) is 17.8 Å². The summed E-state index contributed by atoms with van der Waals surface area (Å²) in [6.07, 6.45) is 1.72. The molecule has 6 nitrogen and oxygen atoms in total. The highest BCUT2D eigenvalue weighted by molar-refractivity contribution is 6.12. The number of fused-ring (bicyclic) bond motifs is 1. The topological polar surface area (TPSA) is 74.2 Å². The van der Waals surface area contributed by atoms with Crippen LogP contribution in [0, 0.1) is 5.92 Å². The summed E-state index contributed by atoms with van der Waals surface area (Å²) in [5.41, 5.74) is 3.90. The number of ketones is 1. The third-order valence-corrected chi connectivity index (χ3v) is 6.82. The molecule has 0 radical (unpaired) electrons. The van der Waals surface area contributed by atoms with Crippen LogP contribution in [0.25, 0.3) is 0 Å². The predicted molar refractivity (Wildman–Crippen MR) is 140 cm³/mol. The highest BCUT2D eigenvalue weighted by Gasteiger charge is 2.46. The average molecular weight is 490 g/mol. The third kappa shape index (κ3) is 5.38. The molecule has 1 unspecified atom stereocenters. The van der Waals surface area contributed by atoms with Crippen molar-refractivity contribution in [1.29, 1.82) is 0 Å². The molecule has 0 bridgehead atoms. The first kappa shape index (κ1) is 25.7. The molecule has 4 rings (SSSR count). The average Bonchev–Trinajstić information content (AvgIpc) is 2.86. The molecule has 6 heteroatoms. The zero-order valence-corrected chi connectivity index (χ0v) is 21.7. The van der Waals surface area contributed by atoms with Crippen LogP contribution in [-0.4, -0.2) is 37.3 Å². The molecule has 0 spiro atoms. The minimum absolute atomic E-state index is 0.0424. The Kier molecular flexibility index (Phi) is 7.92. The van der Waals surface area contributed by atoms with Crippen molar-refractivity contribution in [3.05, 3.63) is 70.9 Å². The largest absolute Gasteiger partial charge is 0.497 e. The number of rotatable bonds is 8. The molecule has 1 aliphatic heterocycles. The van der Waals surface area contributed by atoms with Gasteiger partial charge < -0.3 is 14.2 Å². The van der Waals surface area contributed by atoms with Gasteiger partial charge in [-0.1, -0.05) is 31.2 Å². The van der Waals surface area contributed by atoms with E-state index in [0.717, 1.165) is 34.8 Å². The fourth-order valence-electron chi connectivity index (χ4n) is 5.18. The highest BCUT2D eigenvalue weighted by Crippen LogP contribution is 2.46. The number of hydrogen-bond acceptors (Lipinski definition) is 6. The summed E-state index contributed by atoms with van der Waals surface area (Å²) in [6.45, 7) is 8.19. The number of nitrogens with zero attached hydrogens (tertiary/aromatic N) is 1. The van der Waals surface area contributed by atoms with E-state index < -0.39 is 17.8 Å². The van der Waals surface area contributed by atoms with Crippen molar-refractivity contribution in [3.8, 4) is 11.5 Å². The summed E-state index contributed by atoms with van der Waals surface area (Å²) < 4.78 is 16.6. The number of carbonyl (C=O) groups excluding carboxylic acids is 2. The second-order valence-electron chi connectivity index (χ2n) is 9.77. The standard InChI is InChI=1S/C30H35NO5/c1-6-15-35-24-13-9-21(10-14-24)28-27(30(33)36-18(2)3)19(4)31-25-16-22(17-26(32)29(25)28)20-7-11-23(34-5)12-8-20/h7-14,18,22,28-29H,6,15-17H2,1-5H3/t22-,28+,29?/m0/s1. The van der Waals surface area contributed by atoms with Gasteiger partial charge in [0.15, 0.2) is 0 Å². The van der Waals surface area contributed by atoms with Crippen LogP contribution in [0.2, 0.25) is 0 Å². The molecule has 0 aromatic heterocycles. The van der Waals surface area contributed by atoms with Crippen LogP contribution in [0.4, 0.5) is 0 Å². The lowest BCUT2D eigenvalue weighted by Crippen LogP contribution is -2.41. The van der Waals surface area contributed by atoms with Gasteiger partial charge in [-0.3, -0.25) is 9.79 Å². The van der Waals surface area contributed by atoms with E-state index in [2.05, 4.69) is 6.92 Å². The van der Waals surface area contributed by atoms with Gasteiger partial charge in [0.1, 0.15) is 17.3 Å². The molecular weight excluding hydrogens is 454 g/mol. The van der Waals surface area contributed by atoms with Gasteiger partial charge in [-0.05, 0) is 74.9 Å². The minimum atomic E-state index is -0.486. The lowest BCUT2D eigenvalue weighted by atomic mass is 9.66. The van der Waals surface area contributed by atoms with Gasteiger partial charge in [0.2, 0.25) is 0 Å². The van der Waals surface area contributed by atoms with Gasteiger partial charge in [0.25, 0.3) is 0 Å². The molecule has 3 atom stereocenters. The van der Waals surface area contributed by atoms with Gasteiger partial charge >= 0.3 is 5.97 Å². The molecule has 0 N–H and O–H groups in total. The lowest BCUT2D eigenvalue weighted by molar-refractivity contribution is -0.143. The molecule has 1 aliphatic carbocycles. The van der Waals surface area contributed by atoms with Crippen LogP contribution < -0.4 is 9.47 Å². The fourth-order valence-corrected chi connectivity index (χ4v) is 5.18. The highest BCUT2D eigenvalue weighted by atomic mass is 16.5. The summed E-state index contributed by atoms with van der Waals surface area (Å²) >= 11 is 0. The predicted octanol–water partition coefficient (Wildman–Crippen LogP) is 6.01. The number of benzene rings is 2. The van der Waals surface area contributed by atoms with Crippen molar-refractivity contribution in [3.63, 3.8) is 0 Å². The molecule has 1 saturated carbocycles. The number of allylic oxidation sites excluding steroid dienone is 1. The molecule has 2 aliphatic rings. The Hall–Kier alpha value is -3.41. The summed E-state index contributed by atoms with van der Waals surface area (Å²) in [6, 6.07) is 15.6. The van der Waals surface area contributed by atoms with Crippen LogP contribution in [0.15, 0.2) is 64.8 Å². The van der Waals surface area contributed by atoms with E-state index in [1.807, 2.05) is 69.3 Å². The maximum atomic E-state index is 13.7. The van der Waals surface area contributed by atoms with Crippen LogP contribution >= 0.6 is 0 Å². The molecule has 190 valence electrons. The molecule has 0 amide bonds. The van der Waals surface area contributed by atoms with Crippen molar-refractivity contribution in [2.45, 2.75) is 64.9 Å². The summed E-state index contributed by atoms with van der Waals surface area (Å²) in [4.78, 5) is 31.8. The first-order valence-corrected chi connectivity index (χ1v) is 12.7. The van der Waals surface area contributed by atoms with E-state index in [9.17, 15) is 9.59 Å². The van der Waals surface area contributed by atoms with Crippen molar-refractivity contribution in [2.75, 3.05) is 13.7 Å². The van der Waals surface area contributed by atoms with Crippen molar-refractivity contribution >= 4 is 17.5 Å². The maximum Gasteiger partial charge on any atom is 0.336 e. The first-order valence-electron chi connectivity index (χ1n) is 12.7. The number of carbonyl (C=O) groups is 2. The number of aliphatic imine (C=N–C) groups is 1. The van der Waals surface area contributed by atoms with Crippen LogP contribution in [0.5, 0.6) is 11.5 Å². The Balaban J connectivity index is 1.72. The van der Waals surface area contributed by atoms with Gasteiger partial charge in [-0.25, -0.2) is 4.79 Å². The van der Waals surface area contributed by atoms with E-state index in [1.54, 1.807) is 7.11 Å². The molecule has 1 heterocycles. The normalized spacial score (nSPS) is 21.7. The summed E-state index contributed by atoms with van der Waals surface area (Å²) in [7, 11) is 1.64. The van der Waals surface area contributed by atoms with Crippen molar-refractivity contribution in [2.24, 2.45) is 10.9 Å². The minimum Gasteiger partial charge on any atom is -0.497 e. The van der Waals surface area contributed by atoms with Crippen LogP contribution in [-0.2, 0) is 14.3 Å². The second-order valence-corrected chi connectivity index (χ2v) is 9.77. The van der Waals surface area contributed by atoms with Crippen molar-refractivity contribution < 1.29 is 23.8 Å². The van der Waals surface area contributed by atoms with E-state index in [4.69, 9.17) is 19.2 Å². The molecule has 0 saturated heterocycles. The molecule has 36 heavy (non-hydrogen) atoms. The summed E-state index contributed by atoms with van der Waals surface area (Å²) in [5.74, 6) is 0.361. The smallest absolute Gasteiger partial charge is 0.336 e. The van der Waals surface area contributed by atoms with E-state index in [0.29, 0.717) is 30.7 Å². The van der Waals surface area contributed by atoms with Gasteiger partial charge in [0.05, 0.1) is 31.3 Å². The molecule has 1 fully saturated rings. The Bertz CT molecular complexity index is 1160. The number of esters is 1. The Morgan fingerprint density at radius 3 is 2.22 bits per heavy atom. The van der Waals surface area contributed by atoms with Gasteiger partial charge in [-0.15, -0.1) is 0 Å². The zero-order valence-electron chi connectivity index (χ0n) is 21.7. The zero-order chi connectivity index (χ0) is 25.8. The number of Topliss-reactive ketones (excluding diaryl/α,β-unsaturated/α-hetero) is 1. The Morgan fingerprint density at radius 2 is 1.61 bits per heavy atom. The number of hydrogen-bond donors (Lipinski definition) is 0. The Labute approximate surface area is 213 Å². The molecule has 2 aromatic rings. The lowest BCUT2D eigenvalue weighted by Gasteiger charge is -2.38. The van der Waals surface area contributed by atoms with E-state index in [1.165, 1.54) is 0 Å². The number of methoxy groups -OCH3 is 1. The quantitative estimate of drug-likeness (QED) is 0.425. The number of ether oxygens (including phenoxy) is 3. The summed E-state index contributed by atoms with van der Waals surface area (Å²) in [5, 5.41) is 0. The van der Waals surface area contributed by atoms with Gasteiger partial charge in [-0.2, -0.15) is 0 Å². The third-order valence-electron chi connectivity index (χ3n) is 6.82. The SMILES string of the molecule is CCCOc1ccc([C@@H]2C(C(=O)OC(C)C)=C(C)N=C3C[C@H](c4ccc(OC)cc4)CC(=O)C32)cc1. The first-order chi connectivity index (χ1) is 17.3. The molecule has 2 aromatic carbocycles. The Morgan fingerprint density at radius 1 is 0.972 bits per heavy atom. The maximum absolute atomic E-state index is 13.7. The van der Waals surface area contributed by atoms with Crippen molar-refractivity contribution in [1.82, 2.24) is 0 Å². The molecular formula is C30H35NO5.